The predicted octanol–water partition coefficient (Wildman–Crippen LogP) is 2.44. The third-order valence-electron chi connectivity index (χ3n) is 4.23. The highest BCUT2D eigenvalue weighted by molar-refractivity contribution is 5.94. The maximum absolute atomic E-state index is 11.4. The molecule has 3 rings (SSSR count). The number of carboxylic acid groups (broad SMARTS) is 1. The van der Waals surface area contributed by atoms with E-state index in [0.717, 1.165) is 10.8 Å². The van der Waals surface area contributed by atoms with E-state index in [1.165, 1.54) is 12.1 Å². The number of fused-ring (bicyclic) bond motifs is 1. The summed E-state index contributed by atoms with van der Waals surface area (Å²) in [5, 5.41) is 21.7. The van der Waals surface area contributed by atoms with Crippen molar-refractivity contribution in [3.8, 4) is 0 Å². The molecule has 114 valence electrons. The van der Waals surface area contributed by atoms with E-state index in [1.54, 1.807) is 25.3 Å². The summed E-state index contributed by atoms with van der Waals surface area (Å²) in [7, 11) is 0. The van der Waals surface area contributed by atoms with Crippen molar-refractivity contribution in [2.24, 2.45) is 5.41 Å². The van der Waals surface area contributed by atoms with Crippen LogP contribution >= 0.6 is 0 Å². The smallest absolute Gasteiger partial charge is 0.311 e. The first-order valence-electron chi connectivity index (χ1n) is 6.92. The third-order valence-corrected chi connectivity index (χ3v) is 4.23. The lowest BCUT2D eigenvalue weighted by molar-refractivity contribution is -0.384. The topological polar surface area (TPSA) is 96.6 Å². The number of aromatic nitrogens is 1. The van der Waals surface area contributed by atoms with Crippen LogP contribution in [0.15, 0.2) is 30.5 Å². The Morgan fingerprint density at radius 1 is 1.45 bits per heavy atom. The molecule has 0 amide bonds. The molecule has 0 radical (unpaired) electrons. The van der Waals surface area contributed by atoms with Crippen LogP contribution in [0.4, 0.5) is 11.5 Å². The van der Waals surface area contributed by atoms with Gasteiger partial charge in [0.15, 0.2) is 0 Å². The number of hydrogen-bond acceptors (Lipinski definition) is 5. The highest BCUT2D eigenvalue weighted by Crippen LogP contribution is 2.36. The Bertz CT molecular complexity index is 776. The van der Waals surface area contributed by atoms with Gasteiger partial charge in [0.1, 0.15) is 5.82 Å². The molecular formula is C15H15N3O4. The van der Waals surface area contributed by atoms with Gasteiger partial charge in [0.25, 0.3) is 5.69 Å². The van der Waals surface area contributed by atoms with E-state index in [-0.39, 0.29) is 5.69 Å². The molecule has 2 heterocycles. The Balaban J connectivity index is 2.02. The van der Waals surface area contributed by atoms with Crippen molar-refractivity contribution in [1.29, 1.82) is 0 Å². The van der Waals surface area contributed by atoms with Crippen LogP contribution in [-0.2, 0) is 4.79 Å². The van der Waals surface area contributed by atoms with Gasteiger partial charge in [-0.3, -0.25) is 14.9 Å². The first-order chi connectivity index (χ1) is 10.4. The molecule has 1 aliphatic heterocycles. The van der Waals surface area contributed by atoms with E-state index in [9.17, 15) is 20.0 Å². The first-order valence-corrected chi connectivity index (χ1v) is 6.92. The van der Waals surface area contributed by atoms with Crippen molar-refractivity contribution in [1.82, 2.24) is 4.98 Å². The molecule has 1 aromatic heterocycles. The number of hydrogen-bond donors (Lipinski definition) is 1. The van der Waals surface area contributed by atoms with Crippen molar-refractivity contribution >= 4 is 28.2 Å². The van der Waals surface area contributed by atoms with Gasteiger partial charge in [-0.05, 0) is 30.9 Å². The molecule has 1 atom stereocenters. The Morgan fingerprint density at radius 3 is 2.86 bits per heavy atom. The lowest BCUT2D eigenvalue weighted by Gasteiger charge is -2.22. The maximum Gasteiger partial charge on any atom is 0.311 e. The molecule has 1 unspecified atom stereocenters. The largest absolute Gasteiger partial charge is 0.481 e. The fourth-order valence-electron chi connectivity index (χ4n) is 2.83. The number of nitro benzene ring substituents is 1. The van der Waals surface area contributed by atoms with Crippen LogP contribution in [-0.4, -0.2) is 34.1 Å². The molecule has 1 aliphatic rings. The van der Waals surface area contributed by atoms with Gasteiger partial charge in [-0.15, -0.1) is 0 Å². The highest BCUT2D eigenvalue weighted by Gasteiger charge is 2.41. The minimum absolute atomic E-state index is 0.0291. The number of carbonyl (C=O) groups is 1. The van der Waals surface area contributed by atoms with Crippen LogP contribution in [0.5, 0.6) is 0 Å². The first kappa shape index (κ1) is 14.2. The van der Waals surface area contributed by atoms with E-state index in [0.29, 0.717) is 25.3 Å². The molecule has 0 saturated carbocycles. The van der Waals surface area contributed by atoms with Crippen molar-refractivity contribution in [2.75, 3.05) is 18.0 Å². The molecule has 0 bridgehead atoms. The van der Waals surface area contributed by atoms with Crippen molar-refractivity contribution in [3.63, 3.8) is 0 Å². The second-order valence-electron chi connectivity index (χ2n) is 5.83. The van der Waals surface area contributed by atoms with Gasteiger partial charge in [-0.1, -0.05) is 0 Å². The quantitative estimate of drug-likeness (QED) is 0.691. The molecule has 1 N–H and O–H groups in total. The zero-order valence-corrected chi connectivity index (χ0v) is 12.0. The Hall–Kier alpha value is -2.70. The SMILES string of the molecule is CC1(C(=O)O)CCN(c2nccc3cc([N+](=O)[O-])ccc23)C1. The average Bonchev–Trinajstić information content (AvgIpc) is 2.90. The van der Waals surface area contributed by atoms with E-state index in [1.807, 2.05) is 4.90 Å². The second-order valence-corrected chi connectivity index (χ2v) is 5.83. The summed E-state index contributed by atoms with van der Waals surface area (Å²) in [5.74, 6) is -0.136. The third kappa shape index (κ3) is 2.24. The van der Waals surface area contributed by atoms with E-state index in [4.69, 9.17) is 0 Å². The van der Waals surface area contributed by atoms with E-state index in [2.05, 4.69) is 4.98 Å². The fraction of sp³-hybridized carbons (Fsp3) is 0.333. The normalized spacial score (nSPS) is 21.2. The minimum Gasteiger partial charge on any atom is -0.481 e. The number of nitro groups is 1. The summed E-state index contributed by atoms with van der Waals surface area (Å²) in [4.78, 5) is 28.1. The maximum atomic E-state index is 11.4. The van der Waals surface area contributed by atoms with Gasteiger partial charge >= 0.3 is 5.97 Å². The van der Waals surface area contributed by atoms with Gasteiger partial charge in [0.05, 0.1) is 10.3 Å². The summed E-state index contributed by atoms with van der Waals surface area (Å²) in [6, 6.07) is 6.34. The number of nitrogens with zero attached hydrogens (tertiary/aromatic N) is 3. The van der Waals surface area contributed by atoms with Crippen molar-refractivity contribution in [2.45, 2.75) is 13.3 Å². The fourth-order valence-corrected chi connectivity index (χ4v) is 2.83. The molecule has 1 aromatic carbocycles. The second kappa shape index (κ2) is 4.94. The number of non-ortho nitro benzene ring substituents is 1. The molecule has 7 heteroatoms. The zero-order chi connectivity index (χ0) is 15.9. The molecule has 2 aromatic rings. The number of benzene rings is 1. The number of aliphatic carboxylic acids is 1. The summed E-state index contributed by atoms with van der Waals surface area (Å²) >= 11 is 0. The number of carboxylic acids is 1. The molecule has 1 fully saturated rings. The van der Waals surface area contributed by atoms with Crippen LogP contribution in [0.25, 0.3) is 10.8 Å². The Kier molecular flexibility index (Phi) is 3.20. The zero-order valence-electron chi connectivity index (χ0n) is 12.0. The average molecular weight is 301 g/mol. The van der Waals surface area contributed by atoms with Crippen molar-refractivity contribution in [3.05, 3.63) is 40.6 Å². The van der Waals surface area contributed by atoms with Gasteiger partial charge in [0, 0.05) is 36.8 Å². The van der Waals surface area contributed by atoms with E-state index >= 15 is 0 Å². The number of rotatable bonds is 3. The van der Waals surface area contributed by atoms with Gasteiger partial charge in [-0.25, -0.2) is 4.98 Å². The Morgan fingerprint density at radius 2 is 2.23 bits per heavy atom. The van der Waals surface area contributed by atoms with Crippen molar-refractivity contribution < 1.29 is 14.8 Å². The lowest BCUT2D eigenvalue weighted by atomic mass is 9.90. The monoisotopic (exact) mass is 301 g/mol. The number of anilines is 1. The Labute approximate surface area is 126 Å². The molecule has 1 saturated heterocycles. The van der Waals surface area contributed by atoms with Gasteiger partial charge in [0.2, 0.25) is 0 Å². The molecule has 22 heavy (non-hydrogen) atoms. The van der Waals surface area contributed by atoms with Crippen LogP contribution in [0.1, 0.15) is 13.3 Å². The van der Waals surface area contributed by atoms with Gasteiger partial charge < -0.3 is 10.0 Å². The van der Waals surface area contributed by atoms with Crippen LogP contribution < -0.4 is 4.90 Å². The highest BCUT2D eigenvalue weighted by atomic mass is 16.6. The summed E-state index contributed by atoms with van der Waals surface area (Å²) in [6.45, 7) is 2.71. The summed E-state index contributed by atoms with van der Waals surface area (Å²) < 4.78 is 0. The standard InChI is InChI=1S/C15H15N3O4/c1-15(14(19)20)5-7-17(9-15)13-12-3-2-11(18(21)22)8-10(12)4-6-16-13/h2-4,6,8H,5,7,9H2,1H3,(H,19,20). The lowest BCUT2D eigenvalue weighted by Crippen LogP contribution is -2.32. The number of pyridine rings is 1. The molecule has 0 aliphatic carbocycles. The van der Waals surface area contributed by atoms with Gasteiger partial charge in [-0.2, -0.15) is 0 Å². The molecule has 7 nitrogen and oxygen atoms in total. The summed E-state index contributed by atoms with van der Waals surface area (Å²) in [6.07, 6.45) is 2.14. The molecular weight excluding hydrogens is 286 g/mol. The van der Waals surface area contributed by atoms with Crippen LogP contribution in [0.2, 0.25) is 0 Å². The van der Waals surface area contributed by atoms with E-state index < -0.39 is 16.3 Å². The molecule has 0 spiro atoms. The van der Waals surface area contributed by atoms with Crippen LogP contribution in [0.3, 0.4) is 0 Å². The predicted molar refractivity (Wildman–Crippen MR) is 81.0 cm³/mol. The summed E-state index contributed by atoms with van der Waals surface area (Å²) in [5.41, 5.74) is -0.758. The minimum atomic E-state index is -0.814. The van der Waals surface area contributed by atoms with Crippen LogP contribution in [0, 0.1) is 15.5 Å².